The average Bonchev–Trinajstić information content (AvgIpc) is 2.87. The lowest BCUT2D eigenvalue weighted by Gasteiger charge is -2.23. The van der Waals surface area contributed by atoms with E-state index in [1.54, 1.807) is 4.90 Å². The lowest BCUT2D eigenvalue weighted by atomic mass is 10.0. The lowest BCUT2D eigenvalue weighted by molar-refractivity contribution is -0.127. The molecular weight excluding hydrogens is 288 g/mol. The molecule has 3 rings (SSSR count). The second-order valence-electron chi connectivity index (χ2n) is 7.14. The van der Waals surface area contributed by atoms with Crippen LogP contribution in [0.25, 0.3) is 10.8 Å². The summed E-state index contributed by atoms with van der Waals surface area (Å²) in [5, 5.41) is 5.11. The van der Waals surface area contributed by atoms with E-state index in [0.717, 1.165) is 16.5 Å². The number of benzene rings is 2. The van der Waals surface area contributed by atoms with Gasteiger partial charge in [-0.1, -0.05) is 36.4 Å². The zero-order valence-electron chi connectivity index (χ0n) is 13.8. The van der Waals surface area contributed by atoms with Gasteiger partial charge in [-0.15, -0.1) is 0 Å². The highest BCUT2D eigenvalue weighted by Gasteiger charge is 2.36. The van der Waals surface area contributed by atoms with Crippen LogP contribution in [0.3, 0.4) is 0 Å². The molecule has 1 saturated heterocycles. The number of nitrogens with zero attached hydrogens (tertiary/aromatic N) is 1. The summed E-state index contributed by atoms with van der Waals surface area (Å²) >= 11 is 0. The van der Waals surface area contributed by atoms with Gasteiger partial charge >= 0.3 is 0 Å². The van der Waals surface area contributed by atoms with Crippen LogP contribution in [0.2, 0.25) is 0 Å². The van der Waals surface area contributed by atoms with Crippen LogP contribution in [0, 0.1) is 5.92 Å². The van der Waals surface area contributed by atoms with Crippen molar-refractivity contribution in [2.45, 2.75) is 32.7 Å². The van der Waals surface area contributed by atoms with Crippen molar-refractivity contribution in [3.8, 4) is 0 Å². The van der Waals surface area contributed by atoms with Crippen molar-refractivity contribution in [1.29, 1.82) is 0 Å². The van der Waals surface area contributed by atoms with E-state index in [9.17, 15) is 9.59 Å². The predicted octanol–water partition coefficient (Wildman–Crippen LogP) is 3.11. The largest absolute Gasteiger partial charge is 0.351 e. The fourth-order valence-electron chi connectivity index (χ4n) is 3.03. The molecule has 0 bridgehead atoms. The first-order valence-electron chi connectivity index (χ1n) is 7.95. The SMILES string of the molecule is CC(C)(C)NC(=O)C1CC(=O)N(c2cccc3ccccc23)C1. The molecule has 2 aromatic carbocycles. The molecular formula is C19H22N2O2. The van der Waals surface area contributed by atoms with Crippen molar-refractivity contribution in [3.63, 3.8) is 0 Å². The van der Waals surface area contributed by atoms with E-state index in [-0.39, 0.29) is 29.7 Å². The number of carbonyl (C=O) groups is 2. The average molecular weight is 310 g/mol. The molecule has 1 unspecified atom stereocenters. The Hall–Kier alpha value is -2.36. The second-order valence-corrected chi connectivity index (χ2v) is 7.14. The molecule has 4 heteroatoms. The summed E-state index contributed by atoms with van der Waals surface area (Å²) in [6.07, 6.45) is 0.269. The fourth-order valence-corrected chi connectivity index (χ4v) is 3.03. The van der Waals surface area contributed by atoms with Gasteiger partial charge in [0.05, 0.1) is 11.6 Å². The van der Waals surface area contributed by atoms with Gasteiger partial charge < -0.3 is 10.2 Å². The van der Waals surface area contributed by atoms with Crippen LogP contribution >= 0.6 is 0 Å². The van der Waals surface area contributed by atoms with Crippen LogP contribution in [0.15, 0.2) is 42.5 Å². The highest BCUT2D eigenvalue weighted by molar-refractivity contribution is 6.07. The quantitative estimate of drug-likeness (QED) is 0.926. The van der Waals surface area contributed by atoms with Crippen LogP contribution in [0.4, 0.5) is 5.69 Å². The fraction of sp³-hybridized carbons (Fsp3) is 0.368. The first-order chi connectivity index (χ1) is 10.8. The van der Waals surface area contributed by atoms with Crippen molar-refractivity contribution in [2.75, 3.05) is 11.4 Å². The maximum atomic E-state index is 12.4. The molecule has 1 atom stereocenters. The Labute approximate surface area is 136 Å². The summed E-state index contributed by atoms with van der Waals surface area (Å²) in [5.41, 5.74) is 0.603. The third-order valence-electron chi connectivity index (χ3n) is 4.05. The summed E-state index contributed by atoms with van der Waals surface area (Å²) in [4.78, 5) is 26.5. The van der Waals surface area contributed by atoms with Crippen LogP contribution in [0.1, 0.15) is 27.2 Å². The molecule has 1 heterocycles. The minimum atomic E-state index is -0.291. The van der Waals surface area contributed by atoms with Gasteiger partial charge in [0, 0.05) is 23.9 Å². The summed E-state index contributed by atoms with van der Waals surface area (Å²) in [6.45, 7) is 6.28. The molecule has 1 aliphatic heterocycles. The van der Waals surface area contributed by atoms with Crippen LogP contribution in [0.5, 0.6) is 0 Å². The van der Waals surface area contributed by atoms with Crippen molar-refractivity contribution < 1.29 is 9.59 Å². The predicted molar refractivity (Wildman–Crippen MR) is 92.3 cm³/mol. The molecule has 1 fully saturated rings. The molecule has 2 aromatic rings. The summed E-state index contributed by atoms with van der Waals surface area (Å²) < 4.78 is 0. The van der Waals surface area contributed by atoms with Crippen LogP contribution in [-0.2, 0) is 9.59 Å². The molecule has 1 aliphatic rings. The topological polar surface area (TPSA) is 49.4 Å². The first kappa shape index (κ1) is 15.5. The Morgan fingerprint density at radius 3 is 2.57 bits per heavy atom. The number of carbonyl (C=O) groups excluding carboxylic acids is 2. The minimum absolute atomic E-state index is 0.00964. The first-order valence-corrected chi connectivity index (χ1v) is 7.95. The van der Waals surface area contributed by atoms with Crippen LogP contribution < -0.4 is 10.2 Å². The number of nitrogens with one attached hydrogen (secondary N) is 1. The van der Waals surface area contributed by atoms with Gasteiger partial charge in [0.25, 0.3) is 0 Å². The Morgan fingerprint density at radius 2 is 1.83 bits per heavy atom. The maximum absolute atomic E-state index is 12.4. The van der Waals surface area contributed by atoms with Crippen molar-refractivity contribution in [3.05, 3.63) is 42.5 Å². The van der Waals surface area contributed by atoms with E-state index in [1.807, 2.05) is 63.2 Å². The van der Waals surface area contributed by atoms with Gasteiger partial charge in [-0.2, -0.15) is 0 Å². The maximum Gasteiger partial charge on any atom is 0.227 e. The number of hydrogen-bond acceptors (Lipinski definition) is 2. The molecule has 2 amide bonds. The van der Waals surface area contributed by atoms with Gasteiger partial charge in [-0.25, -0.2) is 0 Å². The number of rotatable bonds is 2. The molecule has 0 aliphatic carbocycles. The molecule has 120 valence electrons. The monoisotopic (exact) mass is 310 g/mol. The van der Waals surface area contributed by atoms with Crippen molar-refractivity contribution in [2.24, 2.45) is 5.92 Å². The Bertz CT molecular complexity index is 756. The molecule has 0 saturated carbocycles. The van der Waals surface area contributed by atoms with E-state index in [0.29, 0.717) is 6.54 Å². The molecule has 1 N–H and O–H groups in total. The minimum Gasteiger partial charge on any atom is -0.351 e. The highest BCUT2D eigenvalue weighted by Crippen LogP contribution is 2.31. The van der Waals surface area contributed by atoms with E-state index >= 15 is 0 Å². The van der Waals surface area contributed by atoms with Gasteiger partial charge in [-0.05, 0) is 32.2 Å². The number of amides is 2. The summed E-state index contributed by atoms with van der Waals surface area (Å²) in [5.74, 6) is -0.329. The highest BCUT2D eigenvalue weighted by atomic mass is 16.2. The normalized spacial score (nSPS) is 18.5. The molecule has 0 aromatic heterocycles. The zero-order chi connectivity index (χ0) is 16.6. The zero-order valence-corrected chi connectivity index (χ0v) is 13.8. The van der Waals surface area contributed by atoms with E-state index in [4.69, 9.17) is 0 Å². The van der Waals surface area contributed by atoms with E-state index in [1.165, 1.54) is 0 Å². The van der Waals surface area contributed by atoms with Gasteiger partial charge in [0.15, 0.2) is 0 Å². The Kier molecular flexibility index (Phi) is 3.84. The molecule has 4 nitrogen and oxygen atoms in total. The van der Waals surface area contributed by atoms with E-state index < -0.39 is 0 Å². The Morgan fingerprint density at radius 1 is 1.13 bits per heavy atom. The van der Waals surface area contributed by atoms with Crippen LogP contribution in [-0.4, -0.2) is 23.9 Å². The molecule has 23 heavy (non-hydrogen) atoms. The lowest BCUT2D eigenvalue weighted by Crippen LogP contribution is -2.44. The van der Waals surface area contributed by atoms with Crippen molar-refractivity contribution in [1.82, 2.24) is 5.32 Å². The summed E-state index contributed by atoms with van der Waals surface area (Å²) in [7, 11) is 0. The Balaban J connectivity index is 1.87. The standard InChI is InChI=1S/C19H22N2O2/c1-19(2,3)20-18(23)14-11-17(22)21(12-14)16-10-6-8-13-7-4-5-9-15(13)16/h4-10,14H,11-12H2,1-3H3,(H,20,23). The number of fused-ring (bicyclic) bond motifs is 1. The van der Waals surface area contributed by atoms with Gasteiger partial charge in [-0.3, -0.25) is 9.59 Å². The smallest absolute Gasteiger partial charge is 0.227 e. The van der Waals surface area contributed by atoms with Gasteiger partial charge in [0.2, 0.25) is 11.8 Å². The number of anilines is 1. The van der Waals surface area contributed by atoms with E-state index in [2.05, 4.69) is 5.32 Å². The van der Waals surface area contributed by atoms with Crippen molar-refractivity contribution >= 4 is 28.3 Å². The second kappa shape index (κ2) is 5.69. The third kappa shape index (κ3) is 3.21. The number of hydrogen-bond donors (Lipinski definition) is 1. The summed E-state index contributed by atoms with van der Waals surface area (Å²) in [6, 6.07) is 13.9. The van der Waals surface area contributed by atoms with Gasteiger partial charge in [0.1, 0.15) is 0 Å². The third-order valence-corrected chi connectivity index (χ3v) is 4.05. The molecule has 0 spiro atoms. The molecule has 0 radical (unpaired) electrons.